The van der Waals surface area contributed by atoms with Crippen molar-refractivity contribution >= 4 is 29.7 Å². The Bertz CT molecular complexity index is 532. The summed E-state index contributed by atoms with van der Waals surface area (Å²) < 4.78 is 5.69. The lowest BCUT2D eigenvalue weighted by Gasteiger charge is -2.58. The summed E-state index contributed by atoms with van der Waals surface area (Å²) in [6.45, 7) is 9.37. The highest BCUT2D eigenvalue weighted by molar-refractivity contribution is 7.10. The van der Waals surface area contributed by atoms with Crippen LogP contribution in [-0.4, -0.2) is 36.1 Å². The van der Waals surface area contributed by atoms with Crippen molar-refractivity contribution in [1.29, 1.82) is 0 Å². The topological polar surface area (TPSA) is 55.6 Å². The zero-order valence-electron chi connectivity index (χ0n) is 14.0. The fraction of sp³-hybridized carbons (Fsp3) is 0.688. The van der Waals surface area contributed by atoms with Crippen LogP contribution in [0.1, 0.15) is 37.6 Å². The van der Waals surface area contributed by atoms with Crippen molar-refractivity contribution in [3.05, 3.63) is 21.9 Å². The van der Waals surface area contributed by atoms with E-state index in [1.54, 1.807) is 16.2 Å². The van der Waals surface area contributed by atoms with E-state index in [4.69, 9.17) is 10.5 Å². The van der Waals surface area contributed by atoms with E-state index in [9.17, 15) is 4.79 Å². The Kier molecular flexibility index (Phi) is 6.07. The number of halogens is 1. The first kappa shape index (κ1) is 19.4. The number of amides is 1. The summed E-state index contributed by atoms with van der Waals surface area (Å²) >= 11 is 1.68. The number of nitrogens with zero attached hydrogens (tertiary/aromatic N) is 1. The Labute approximate surface area is 143 Å². The number of nitrogens with two attached hydrogens (primary N) is 1. The zero-order valence-corrected chi connectivity index (χ0v) is 15.6. The fourth-order valence-corrected chi connectivity index (χ4v) is 3.95. The molecule has 2 N–H and O–H groups in total. The number of rotatable bonds is 5. The van der Waals surface area contributed by atoms with Crippen LogP contribution in [0, 0.1) is 12.3 Å². The highest BCUT2D eigenvalue weighted by Crippen LogP contribution is 2.50. The minimum Gasteiger partial charge on any atom is -0.378 e. The average molecular weight is 347 g/mol. The SMILES string of the molecule is CCOC1CC(N)(C(=O)N(C)Cc2sccc2C)C1(C)C.Cl. The van der Waals surface area contributed by atoms with E-state index in [1.165, 1.54) is 10.4 Å². The average Bonchev–Trinajstić information content (AvgIpc) is 2.82. The molecule has 2 rings (SSSR count). The first-order chi connectivity index (χ1) is 9.74. The van der Waals surface area contributed by atoms with Gasteiger partial charge in [-0.25, -0.2) is 0 Å². The molecular formula is C16H27ClN2O2S. The molecular weight excluding hydrogens is 320 g/mol. The first-order valence-corrected chi connectivity index (χ1v) is 8.31. The predicted molar refractivity (Wildman–Crippen MR) is 93.5 cm³/mol. The minimum absolute atomic E-state index is 0. The summed E-state index contributed by atoms with van der Waals surface area (Å²) in [6, 6.07) is 2.08. The van der Waals surface area contributed by atoms with Crippen LogP contribution in [0.15, 0.2) is 11.4 Å². The quantitative estimate of drug-likeness (QED) is 0.891. The van der Waals surface area contributed by atoms with Gasteiger partial charge in [-0.2, -0.15) is 0 Å². The number of hydrogen-bond donors (Lipinski definition) is 1. The molecule has 0 radical (unpaired) electrons. The van der Waals surface area contributed by atoms with Crippen molar-refractivity contribution in [1.82, 2.24) is 4.90 Å². The molecule has 1 aliphatic rings. The highest BCUT2D eigenvalue weighted by atomic mass is 35.5. The number of thiophene rings is 1. The summed E-state index contributed by atoms with van der Waals surface area (Å²) in [6.07, 6.45) is 0.661. The van der Waals surface area contributed by atoms with E-state index in [0.717, 1.165) is 0 Å². The van der Waals surface area contributed by atoms with Crippen molar-refractivity contribution in [2.24, 2.45) is 11.1 Å². The maximum Gasteiger partial charge on any atom is 0.243 e. The van der Waals surface area contributed by atoms with E-state index in [2.05, 4.69) is 18.4 Å². The number of carbonyl (C=O) groups is 1. The second kappa shape index (κ2) is 6.87. The molecule has 2 unspecified atom stereocenters. The molecule has 1 fully saturated rings. The van der Waals surface area contributed by atoms with E-state index in [-0.39, 0.29) is 29.8 Å². The van der Waals surface area contributed by atoms with Crippen LogP contribution in [0.3, 0.4) is 0 Å². The monoisotopic (exact) mass is 346 g/mol. The normalized spacial score (nSPS) is 26.0. The van der Waals surface area contributed by atoms with Gasteiger partial charge in [0.25, 0.3) is 0 Å². The maximum atomic E-state index is 12.8. The Hall–Kier alpha value is -0.620. The van der Waals surface area contributed by atoms with Gasteiger partial charge in [0.2, 0.25) is 5.91 Å². The van der Waals surface area contributed by atoms with Gasteiger partial charge in [0.05, 0.1) is 12.6 Å². The molecule has 1 aromatic rings. The third-order valence-corrected chi connectivity index (χ3v) is 5.91. The maximum absolute atomic E-state index is 12.8. The van der Waals surface area contributed by atoms with Gasteiger partial charge in [0.1, 0.15) is 5.54 Å². The van der Waals surface area contributed by atoms with Gasteiger partial charge in [-0.05, 0) is 30.9 Å². The van der Waals surface area contributed by atoms with Gasteiger partial charge < -0.3 is 15.4 Å². The van der Waals surface area contributed by atoms with Gasteiger partial charge in [-0.15, -0.1) is 23.7 Å². The number of aryl methyl sites for hydroxylation is 1. The van der Waals surface area contributed by atoms with Crippen molar-refractivity contribution in [2.75, 3.05) is 13.7 Å². The lowest BCUT2D eigenvalue weighted by Crippen LogP contribution is -2.75. The minimum atomic E-state index is -0.827. The molecule has 0 bridgehead atoms. The van der Waals surface area contributed by atoms with Crippen LogP contribution in [0.5, 0.6) is 0 Å². The first-order valence-electron chi connectivity index (χ1n) is 7.43. The van der Waals surface area contributed by atoms with Gasteiger partial charge in [0.15, 0.2) is 0 Å². The third-order valence-electron chi connectivity index (χ3n) is 4.91. The molecule has 1 heterocycles. The Balaban J connectivity index is 0.00000242. The molecule has 1 aromatic heterocycles. The second-order valence-electron chi connectivity index (χ2n) is 6.53. The number of likely N-dealkylation sites (N-methyl/N-ethyl adjacent to an activating group) is 1. The largest absolute Gasteiger partial charge is 0.378 e. The van der Waals surface area contributed by atoms with Gasteiger partial charge in [0, 0.05) is 30.4 Å². The van der Waals surface area contributed by atoms with Gasteiger partial charge in [-0.1, -0.05) is 13.8 Å². The summed E-state index contributed by atoms with van der Waals surface area (Å²) in [5.74, 6) is 0.0104. The summed E-state index contributed by atoms with van der Waals surface area (Å²) in [5, 5.41) is 2.06. The second-order valence-corrected chi connectivity index (χ2v) is 7.53. The summed E-state index contributed by atoms with van der Waals surface area (Å²) in [5.41, 5.74) is 6.51. The third kappa shape index (κ3) is 3.04. The molecule has 1 saturated carbocycles. The van der Waals surface area contributed by atoms with Crippen molar-refractivity contribution in [3.8, 4) is 0 Å². The molecule has 4 nitrogen and oxygen atoms in total. The molecule has 22 heavy (non-hydrogen) atoms. The van der Waals surface area contributed by atoms with E-state index >= 15 is 0 Å². The molecule has 0 spiro atoms. The molecule has 126 valence electrons. The van der Waals surface area contributed by atoms with E-state index in [1.807, 2.05) is 27.8 Å². The van der Waals surface area contributed by atoms with Gasteiger partial charge in [-0.3, -0.25) is 4.79 Å². The molecule has 6 heteroatoms. The fourth-order valence-electron chi connectivity index (χ4n) is 2.99. The molecule has 0 aliphatic heterocycles. The smallest absolute Gasteiger partial charge is 0.243 e. The van der Waals surface area contributed by atoms with Crippen LogP contribution < -0.4 is 5.73 Å². The number of hydrogen-bond acceptors (Lipinski definition) is 4. The van der Waals surface area contributed by atoms with E-state index < -0.39 is 5.54 Å². The Morgan fingerprint density at radius 3 is 2.64 bits per heavy atom. The zero-order chi connectivity index (χ0) is 15.8. The lowest BCUT2D eigenvalue weighted by molar-refractivity contribution is -0.178. The molecule has 1 aliphatic carbocycles. The van der Waals surface area contributed by atoms with Crippen LogP contribution in [-0.2, 0) is 16.1 Å². The Morgan fingerprint density at radius 1 is 1.55 bits per heavy atom. The van der Waals surface area contributed by atoms with Crippen LogP contribution >= 0.6 is 23.7 Å². The predicted octanol–water partition coefficient (Wildman–Crippen LogP) is 2.97. The summed E-state index contributed by atoms with van der Waals surface area (Å²) in [7, 11) is 1.83. The van der Waals surface area contributed by atoms with Crippen molar-refractivity contribution < 1.29 is 9.53 Å². The van der Waals surface area contributed by atoms with Crippen LogP contribution in [0.2, 0.25) is 0 Å². The number of carbonyl (C=O) groups excluding carboxylic acids is 1. The van der Waals surface area contributed by atoms with Crippen LogP contribution in [0.4, 0.5) is 0 Å². The summed E-state index contributed by atoms with van der Waals surface area (Å²) in [4.78, 5) is 15.8. The molecule has 1 amide bonds. The molecule has 0 aromatic carbocycles. The standard InChI is InChI=1S/C16H26N2O2S.ClH/c1-6-20-13-9-16(17,15(13,3)4)14(19)18(5)10-12-11(2)7-8-21-12;/h7-8,13H,6,9-10,17H2,1-5H3;1H. The lowest BCUT2D eigenvalue weighted by atomic mass is 9.54. The molecule has 0 saturated heterocycles. The Morgan fingerprint density at radius 2 is 2.18 bits per heavy atom. The number of ether oxygens (including phenoxy) is 1. The van der Waals surface area contributed by atoms with E-state index in [0.29, 0.717) is 19.6 Å². The van der Waals surface area contributed by atoms with Crippen molar-refractivity contribution in [2.45, 2.75) is 52.3 Å². The highest BCUT2D eigenvalue weighted by Gasteiger charge is 2.63. The van der Waals surface area contributed by atoms with Crippen molar-refractivity contribution in [3.63, 3.8) is 0 Å². The van der Waals surface area contributed by atoms with Crippen LogP contribution in [0.25, 0.3) is 0 Å². The molecule has 2 atom stereocenters. The van der Waals surface area contributed by atoms with Gasteiger partial charge >= 0.3 is 0 Å².